The van der Waals surface area contributed by atoms with Crippen molar-refractivity contribution in [3.8, 4) is 5.75 Å². The third-order valence-electron chi connectivity index (χ3n) is 3.85. The molecule has 0 bridgehead atoms. The molecule has 0 atom stereocenters. The van der Waals surface area contributed by atoms with Crippen LogP contribution in [0.1, 0.15) is 22.3 Å². The number of rotatable bonds is 4. The van der Waals surface area contributed by atoms with Gasteiger partial charge in [-0.05, 0) is 35.9 Å². The second-order valence-corrected chi connectivity index (χ2v) is 8.83. The van der Waals surface area contributed by atoms with Crippen LogP contribution in [0.2, 0.25) is 0 Å². The number of benzene rings is 3. The minimum atomic E-state index is -10.7. The number of phenolic OH excluding ortho intramolecular Hbond substituents is 1. The smallest absolute Gasteiger partial charge is 0.154 e. The Morgan fingerprint density at radius 2 is 1.00 bits per heavy atom. The predicted molar refractivity (Wildman–Crippen MR) is 109 cm³/mol. The van der Waals surface area contributed by atoms with Crippen molar-refractivity contribution >= 4 is 20.4 Å². The number of phenols is 1. The van der Waals surface area contributed by atoms with E-state index in [9.17, 15) is 30.3 Å². The normalized spacial score (nSPS) is 13.6. The van der Waals surface area contributed by atoms with E-state index in [1.165, 1.54) is 11.1 Å². The Morgan fingerprint density at radius 3 is 1.41 bits per heavy atom. The van der Waals surface area contributed by atoms with E-state index >= 15 is 0 Å². The molecule has 0 aliphatic rings. The zero-order valence-electron chi connectivity index (χ0n) is 15.0. The number of hydrogen-bond donors (Lipinski definition) is 1. The molecular formula is C20H19F6OPS. The summed E-state index contributed by atoms with van der Waals surface area (Å²) in [7, 11) is -10.7. The maximum atomic E-state index is 10.3. The largest absolute Gasteiger partial charge is 0.508 e. The average Bonchev–Trinajstić information content (AvgIpc) is 2.60. The Bertz CT molecular complexity index is 884. The van der Waals surface area contributed by atoms with Crippen molar-refractivity contribution in [2.45, 2.75) is 17.7 Å². The van der Waals surface area contributed by atoms with Crippen LogP contribution >= 0.6 is 7.81 Å². The first kappa shape index (κ1) is 23.1. The van der Waals surface area contributed by atoms with Crippen LogP contribution in [0.25, 0.3) is 0 Å². The van der Waals surface area contributed by atoms with Crippen molar-refractivity contribution in [2.24, 2.45) is 0 Å². The Balaban J connectivity index is 0.000000370. The molecule has 0 aliphatic heterocycles. The average molecular weight is 452 g/mol. The van der Waals surface area contributed by atoms with Crippen molar-refractivity contribution in [2.75, 3.05) is 0 Å². The number of aromatic hydroxyl groups is 1. The molecular weight excluding hydrogens is 433 g/mol. The fourth-order valence-corrected chi connectivity index (χ4v) is 3.00. The zero-order chi connectivity index (χ0) is 21.8. The fraction of sp³-hybridized carbons (Fsp3) is 0.100. The summed E-state index contributed by atoms with van der Waals surface area (Å²) in [5, 5.41) is 10.3. The van der Waals surface area contributed by atoms with Crippen LogP contribution in [0, 0.1) is 0 Å². The molecule has 9 heteroatoms. The summed E-state index contributed by atoms with van der Waals surface area (Å²) in [5.41, 5.74) is 4.57. The van der Waals surface area contributed by atoms with Crippen molar-refractivity contribution in [1.82, 2.24) is 0 Å². The molecule has 158 valence electrons. The van der Waals surface area contributed by atoms with Crippen LogP contribution < -0.4 is 0 Å². The SMILES string of the molecule is F[P-](F)(F)(F)(F)F.Oc1ccc([SH2+])c(Cc2ccccc2)c1Cc1ccccc1. The van der Waals surface area contributed by atoms with Crippen molar-refractivity contribution < 1.29 is 30.3 Å². The van der Waals surface area contributed by atoms with Gasteiger partial charge in [-0.25, -0.2) is 0 Å². The Hall–Kier alpha value is -2.18. The molecule has 0 unspecified atom stereocenters. The Morgan fingerprint density at radius 1 is 0.621 bits per heavy atom. The van der Waals surface area contributed by atoms with Gasteiger partial charge in [-0.1, -0.05) is 60.7 Å². The molecule has 1 nitrogen and oxygen atoms in total. The van der Waals surface area contributed by atoms with E-state index in [4.69, 9.17) is 0 Å². The van der Waals surface area contributed by atoms with Crippen molar-refractivity contribution in [3.05, 3.63) is 95.1 Å². The van der Waals surface area contributed by atoms with Gasteiger partial charge in [0, 0.05) is 24.0 Å². The number of hydrogen-bond acceptors (Lipinski definition) is 1. The van der Waals surface area contributed by atoms with E-state index in [1.54, 1.807) is 6.07 Å². The summed E-state index contributed by atoms with van der Waals surface area (Å²) in [6, 6.07) is 24.3. The molecule has 0 spiro atoms. The Labute approximate surface area is 169 Å². The van der Waals surface area contributed by atoms with Crippen LogP contribution in [0.4, 0.5) is 25.2 Å². The van der Waals surface area contributed by atoms with E-state index in [0.717, 1.165) is 28.9 Å². The summed E-state index contributed by atoms with van der Waals surface area (Å²) in [6.45, 7) is 0. The van der Waals surface area contributed by atoms with Crippen molar-refractivity contribution in [3.63, 3.8) is 0 Å². The van der Waals surface area contributed by atoms with Gasteiger partial charge >= 0.3 is 33.0 Å². The molecule has 0 radical (unpaired) electrons. The molecule has 0 saturated heterocycles. The standard InChI is InChI=1S/C20H18OS.F6P/c21-19-11-12-20(22)18(14-16-9-5-2-6-10-16)17(19)13-15-7-3-1-4-8-15;1-7(2,3,4,5)6/h1-12,21-22H,13-14H2;/q;-1/p+1. The summed E-state index contributed by atoms with van der Waals surface area (Å²) in [5.74, 6) is 0.358. The van der Waals surface area contributed by atoms with E-state index in [2.05, 4.69) is 36.9 Å². The monoisotopic (exact) mass is 452 g/mol. The molecule has 3 aromatic carbocycles. The van der Waals surface area contributed by atoms with Crippen LogP contribution in [0.5, 0.6) is 5.75 Å². The molecule has 1 N–H and O–H groups in total. The van der Waals surface area contributed by atoms with Gasteiger partial charge in [-0.3, -0.25) is 0 Å². The van der Waals surface area contributed by atoms with Crippen LogP contribution in [0.15, 0.2) is 77.7 Å². The quantitative estimate of drug-likeness (QED) is 0.250. The molecule has 0 aliphatic carbocycles. The predicted octanol–water partition coefficient (Wildman–Crippen LogP) is 7.33. The van der Waals surface area contributed by atoms with Crippen molar-refractivity contribution in [1.29, 1.82) is 0 Å². The number of halogens is 6. The summed E-state index contributed by atoms with van der Waals surface area (Å²) < 4.78 is 59.2. The third-order valence-corrected chi connectivity index (χ3v) is 4.32. The first-order chi connectivity index (χ1) is 13.2. The minimum absolute atomic E-state index is 0.358. The molecule has 29 heavy (non-hydrogen) atoms. The van der Waals surface area contributed by atoms with Crippen LogP contribution in [-0.4, -0.2) is 5.11 Å². The molecule has 0 amide bonds. The van der Waals surface area contributed by atoms with Gasteiger partial charge in [0.25, 0.3) is 0 Å². The molecule has 0 saturated carbocycles. The molecule has 0 aromatic heterocycles. The van der Waals surface area contributed by atoms with Crippen LogP contribution in [0.3, 0.4) is 0 Å². The molecule has 0 heterocycles. The van der Waals surface area contributed by atoms with E-state index < -0.39 is 7.81 Å². The van der Waals surface area contributed by atoms with Gasteiger partial charge < -0.3 is 5.11 Å². The molecule has 3 rings (SSSR count). The summed E-state index contributed by atoms with van der Waals surface area (Å²) in [4.78, 5) is 1.03. The third kappa shape index (κ3) is 9.72. The fourth-order valence-electron chi connectivity index (χ4n) is 2.68. The zero-order valence-corrected chi connectivity index (χ0v) is 16.9. The maximum absolute atomic E-state index is 10.7. The topological polar surface area (TPSA) is 20.2 Å². The van der Waals surface area contributed by atoms with Gasteiger partial charge in [-0.2, -0.15) is 0 Å². The van der Waals surface area contributed by atoms with E-state index in [-0.39, 0.29) is 0 Å². The van der Waals surface area contributed by atoms with Gasteiger partial charge in [0.1, 0.15) is 5.75 Å². The van der Waals surface area contributed by atoms with E-state index in [0.29, 0.717) is 5.75 Å². The molecule has 0 fully saturated rings. The van der Waals surface area contributed by atoms with E-state index in [1.807, 2.05) is 42.5 Å². The van der Waals surface area contributed by atoms with Gasteiger partial charge in [0.05, 0.1) is 0 Å². The van der Waals surface area contributed by atoms with Gasteiger partial charge in [-0.15, -0.1) is 0 Å². The summed E-state index contributed by atoms with van der Waals surface area (Å²) in [6.07, 6.45) is 1.53. The van der Waals surface area contributed by atoms with Crippen LogP contribution in [-0.2, 0) is 25.5 Å². The minimum Gasteiger partial charge on any atom is -0.508 e. The summed E-state index contributed by atoms with van der Waals surface area (Å²) >= 11 is 3.70. The first-order valence-corrected chi connectivity index (χ1v) is 10.9. The van der Waals surface area contributed by atoms with Gasteiger partial charge in [0.15, 0.2) is 4.90 Å². The van der Waals surface area contributed by atoms with Gasteiger partial charge in [0.2, 0.25) is 0 Å². The first-order valence-electron chi connectivity index (χ1n) is 8.38. The second-order valence-electron chi connectivity index (χ2n) is 6.37. The maximum Gasteiger partial charge on any atom is 0.154 e. The molecule has 3 aromatic rings. The second kappa shape index (κ2) is 7.92. The Kier molecular flexibility index (Phi) is 6.31.